The zero-order valence-electron chi connectivity index (χ0n) is 23.4. The quantitative estimate of drug-likeness (QED) is 0.591. The molecule has 200 valence electrons. The minimum atomic E-state index is -0.679. The van der Waals surface area contributed by atoms with Crippen LogP contribution < -0.4 is 15.7 Å². The van der Waals surface area contributed by atoms with Crippen LogP contribution in [0.2, 0.25) is 0 Å². The van der Waals surface area contributed by atoms with Gasteiger partial charge in [-0.3, -0.25) is 4.79 Å². The molecule has 0 unspecified atom stereocenters. The van der Waals surface area contributed by atoms with Crippen molar-refractivity contribution in [1.82, 2.24) is 20.2 Å². The fourth-order valence-corrected chi connectivity index (χ4v) is 4.37. The lowest BCUT2D eigenvalue weighted by molar-refractivity contribution is -0.132. The van der Waals surface area contributed by atoms with Gasteiger partial charge in [0.15, 0.2) is 0 Å². The number of hydrogen-bond donors (Lipinski definition) is 1. The summed E-state index contributed by atoms with van der Waals surface area (Å²) in [5, 5.41) is 2.64. The van der Waals surface area contributed by atoms with Crippen molar-refractivity contribution in [1.29, 1.82) is 0 Å². The topological polar surface area (TPSA) is 106 Å². The Labute approximate surface area is 215 Å². The summed E-state index contributed by atoms with van der Waals surface area (Å²) < 4.78 is 17.5. The maximum atomic E-state index is 13.0. The minimum Gasteiger partial charge on any atom is -0.444 e. The molecule has 3 heterocycles. The Kier molecular flexibility index (Phi) is 7.96. The van der Waals surface area contributed by atoms with Crippen LogP contribution in [-0.4, -0.2) is 82.0 Å². The number of hydrogen-bond acceptors (Lipinski definition) is 8. The Balaban J connectivity index is 1.65. The first kappa shape index (κ1) is 28.2. The van der Waals surface area contributed by atoms with E-state index < -0.39 is 36.1 Å². The van der Waals surface area contributed by atoms with Crippen molar-refractivity contribution in [3.63, 3.8) is 0 Å². The van der Waals surface area contributed by atoms with Crippen LogP contribution in [0.5, 0.6) is 0 Å². The molecule has 36 heavy (non-hydrogen) atoms. The fraction of sp³-hybridized carbons (Fsp3) is 0.760. The summed E-state index contributed by atoms with van der Waals surface area (Å²) in [5.74, 6) is 0.466. The number of ether oxygens (including phenoxy) is 1. The van der Waals surface area contributed by atoms with Crippen molar-refractivity contribution in [2.45, 2.75) is 111 Å². The SMILES string of the molecule is CC(C)N(c1ncc(B2OC(C)(C)C(C)(C)O2)cn1)[C@@H]1CCN(C(=O)[C@@H](C)NC(=O)OC(C)(C)C)C1. The summed E-state index contributed by atoms with van der Waals surface area (Å²) in [5.41, 5.74) is -0.724. The second-order valence-electron chi connectivity index (χ2n) is 12.0. The van der Waals surface area contributed by atoms with Gasteiger partial charge in [0.05, 0.1) is 17.2 Å². The third kappa shape index (κ3) is 6.29. The smallest absolute Gasteiger partial charge is 0.444 e. The Hall–Kier alpha value is -2.40. The highest BCUT2D eigenvalue weighted by Crippen LogP contribution is 2.36. The highest BCUT2D eigenvalue weighted by atomic mass is 16.7. The van der Waals surface area contributed by atoms with Gasteiger partial charge in [0.1, 0.15) is 11.6 Å². The zero-order valence-corrected chi connectivity index (χ0v) is 23.4. The van der Waals surface area contributed by atoms with Gasteiger partial charge < -0.3 is 29.2 Å². The monoisotopic (exact) mass is 503 g/mol. The Morgan fingerprint density at radius 2 is 1.69 bits per heavy atom. The first-order valence-corrected chi connectivity index (χ1v) is 12.7. The average molecular weight is 503 g/mol. The molecule has 10 nitrogen and oxygen atoms in total. The second-order valence-corrected chi connectivity index (χ2v) is 12.0. The Morgan fingerprint density at radius 1 is 1.14 bits per heavy atom. The van der Waals surface area contributed by atoms with Crippen molar-refractivity contribution in [2.75, 3.05) is 18.0 Å². The van der Waals surface area contributed by atoms with Gasteiger partial charge in [-0.2, -0.15) is 0 Å². The van der Waals surface area contributed by atoms with E-state index in [1.807, 2.05) is 27.7 Å². The number of rotatable bonds is 6. The molecule has 0 aromatic carbocycles. The average Bonchev–Trinajstić information content (AvgIpc) is 3.28. The van der Waals surface area contributed by atoms with E-state index in [1.54, 1.807) is 45.0 Å². The molecular weight excluding hydrogens is 461 g/mol. The molecule has 2 amide bonds. The number of alkyl carbamates (subject to hydrolysis) is 1. The van der Waals surface area contributed by atoms with Gasteiger partial charge in [-0.25, -0.2) is 14.8 Å². The van der Waals surface area contributed by atoms with Crippen LogP contribution in [0, 0.1) is 0 Å². The first-order chi connectivity index (χ1) is 16.5. The molecule has 0 bridgehead atoms. The van der Waals surface area contributed by atoms with Gasteiger partial charge in [0, 0.05) is 37.0 Å². The molecule has 0 saturated carbocycles. The van der Waals surface area contributed by atoms with Gasteiger partial charge >= 0.3 is 13.2 Å². The van der Waals surface area contributed by atoms with Crippen molar-refractivity contribution in [3.05, 3.63) is 12.4 Å². The highest BCUT2D eigenvalue weighted by molar-refractivity contribution is 6.61. The van der Waals surface area contributed by atoms with E-state index in [-0.39, 0.29) is 18.0 Å². The van der Waals surface area contributed by atoms with Crippen LogP contribution in [0.15, 0.2) is 12.4 Å². The number of nitrogens with zero attached hydrogens (tertiary/aromatic N) is 4. The van der Waals surface area contributed by atoms with Crippen LogP contribution in [-0.2, 0) is 18.8 Å². The summed E-state index contributed by atoms with van der Waals surface area (Å²) in [7, 11) is -0.518. The number of amides is 2. The van der Waals surface area contributed by atoms with E-state index >= 15 is 0 Å². The van der Waals surface area contributed by atoms with Crippen molar-refractivity contribution < 1.29 is 23.6 Å². The third-order valence-electron chi connectivity index (χ3n) is 6.94. The number of carbonyl (C=O) groups is 2. The molecule has 3 rings (SSSR count). The maximum absolute atomic E-state index is 13.0. The van der Waals surface area contributed by atoms with Crippen LogP contribution in [0.1, 0.15) is 75.7 Å². The van der Waals surface area contributed by atoms with Gasteiger partial charge in [0.2, 0.25) is 11.9 Å². The van der Waals surface area contributed by atoms with E-state index in [2.05, 4.69) is 34.0 Å². The molecule has 1 aromatic rings. The van der Waals surface area contributed by atoms with E-state index in [0.717, 1.165) is 11.9 Å². The van der Waals surface area contributed by atoms with E-state index in [9.17, 15) is 9.59 Å². The Bertz CT molecular complexity index is 931. The lowest BCUT2D eigenvalue weighted by atomic mass is 9.81. The molecule has 2 atom stereocenters. The maximum Gasteiger partial charge on any atom is 0.498 e. The van der Waals surface area contributed by atoms with Crippen molar-refractivity contribution >= 4 is 30.5 Å². The van der Waals surface area contributed by atoms with Crippen LogP contribution in [0.3, 0.4) is 0 Å². The number of carbonyl (C=O) groups excluding carboxylic acids is 2. The number of likely N-dealkylation sites (tertiary alicyclic amines) is 1. The summed E-state index contributed by atoms with van der Waals surface area (Å²) in [4.78, 5) is 38.3. The summed E-state index contributed by atoms with van der Waals surface area (Å²) in [6.07, 6.45) is 3.69. The molecular formula is C25H42BN5O5. The molecule has 0 spiro atoms. The van der Waals surface area contributed by atoms with Gasteiger partial charge in [-0.05, 0) is 75.7 Å². The second kappa shape index (κ2) is 10.2. The highest BCUT2D eigenvalue weighted by Gasteiger charge is 2.52. The normalized spacial score (nSPS) is 22.0. The summed E-state index contributed by atoms with van der Waals surface area (Å²) >= 11 is 0. The number of anilines is 1. The predicted molar refractivity (Wildman–Crippen MR) is 139 cm³/mol. The molecule has 2 fully saturated rings. The Morgan fingerprint density at radius 3 is 2.19 bits per heavy atom. The predicted octanol–water partition coefficient (Wildman–Crippen LogP) is 2.50. The number of nitrogens with one attached hydrogen (secondary N) is 1. The van der Waals surface area contributed by atoms with Gasteiger partial charge in [-0.15, -0.1) is 0 Å². The largest absolute Gasteiger partial charge is 0.498 e. The summed E-state index contributed by atoms with van der Waals surface area (Å²) in [6.45, 7) is 20.4. The van der Waals surface area contributed by atoms with Crippen LogP contribution >= 0.6 is 0 Å². The molecule has 0 radical (unpaired) electrons. The van der Waals surface area contributed by atoms with E-state index in [4.69, 9.17) is 14.0 Å². The molecule has 2 aliphatic rings. The molecule has 1 aromatic heterocycles. The standard InChI is InChI=1S/C25H42BN5O5/c1-16(2)31(21-27-13-18(14-28-21)26-35-24(7,8)25(9,10)36-26)19-11-12-30(15-19)20(32)17(3)29-22(33)34-23(4,5)6/h13-14,16-17,19H,11-12,15H2,1-10H3,(H,29,33)/t17-,19-/m1/s1. The number of aromatic nitrogens is 2. The van der Waals surface area contributed by atoms with Crippen molar-refractivity contribution in [3.8, 4) is 0 Å². The summed E-state index contributed by atoms with van der Waals surface area (Å²) in [6, 6.07) is -0.489. The van der Waals surface area contributed by atoms with Crippen molar-refractivity contribution in [2.24, 2.45) is 0 Å². The van der Waals surface area contributed by atoms with Crippen LogP contribution in [0.4, 0.5) is 10.7 Å². The van der Waals surface area contributed by atoms with Gasteiger partial charge in [0.25, 0.3) is 0 Å². The molecule has 11 heteroatoms. The van der Waals surface area contributed by atoms with Gasteiger partial charge in [-0.1, -0.05) is 0 Å². The van der Waals surface area contributed by atoms with E-state index in [0.29, 0.717) is 19.0 Å². The zero-order chi connectivity index (χ0) is 27.1. The minimum absolute atomic E-state index is 0.0605. The lowest BCUT2D eigenvalue weighted by Crippen LogP contribution is -2.49. The van der Waals surface area contributed by atoms with Crippen LogP contribution in [0.25, 0.3) is 0 Å². The molecule has 0 aliphatic carbocycles. The third-order valence-corrected chi connectivity index (χ3v) is 6.94. The first-order valence-electron chi connectivity index (χ1n) is 12.7. The molecule has 2 aliphatic heterocycles. The van der Waals surface area contributed by atoms with E-state index in [1.165, 1.54) is 0 Å². The molecule has 1 N–H and O–H groups in total. The fourth-order valence-electron chi connectivity index (χ4n) is 4.37. The molecule has 2 saturated heterocycles. The lowest BCUT2D eigenvalue weighted by Gasteiger charge is -2.33.